The lowest BCUT2D eigenvalue weighted by atomic mass is 9.84. The van der Waals surface area contributed by atoms with Crippen LogP contribution in [0.1, 0.15) is 35.9 Å². The summed E-state index contributed by atoms with van der Waals surface area (Å²) in [5.74, 6) is 3.32. The fraction of sp³-hybridized carbons (Fsp3) is 0.409. The Kier molecular flexibility index (Phi) is 9.30. The number of nitrogens with one attached hydrogen (secondary N) is 2. The molecule has 0 fully saturated rings. The third-order valence-electron chi connectivity index (χ3n) is 5.12. The standard InChI is InChI=1S/C22H30N6OS.HI/c1-16-26-27-20(28(16)4)14-24-21(23-13-19-10-7-11-30-19)25-15-22(2,3)17-8-6-9-18(12-17)29-5;/h6-12H,13-15H2,1-5H3,(H2,23,24,25);1H. The molecule has 2 heterocycles. The monoisotopic (exact) mass is 554 g/mol. The normalized spacial score (nSPS) is 11.7. The lowest BCUT2D eigenvalue weighted by Gasteiger charge is -2.27. The van der Waals surface area contributed by atoms with Crippen molar-refractivity contribution >= 4 is 41.3 Å². The summed E-state index contributed by atoms with van der Waals surface area (Å²) in [5.41, 5.74) is 1.09. The van der Waals surface area contributed by atoms with Gasteiger partial charge in [-0.05, 0) is 36.1 Å². The molecule has 0 aliphatic carbocycles. The molecule has 0 saturated heterocycles. The highest BCUT2D eigenvalue weighted by Crippen LogP contribution is 2.25. The number of methoxy groups -OCH3 is 1. The van der Waals surface area contributed by atoms with E-state index in [-0.39, 0.29) is 29.4 Å². The van der Waals surface area contributed by atoms with Gasteiger partial charge in [0.15, 0.2) is 11.8 Å². The highest BCUT2D eigenvalue weighted by molar-refractivity contribution is 14.0. The number of guanidine groups is 1. The van der Waals surface area contributed by atoms with Crippen LogP contribution in [-0.4, -0.2) is 34.4 Å². The van der Waals surface area contributed by atoms with Crippen LogP contribution in [0, 0.1) is 6.92 Å². The van der Waals surface area contributed by atoms with Gasteiger partial charge in [0.25, 0.3) is 0 Å². The predicted octanol–water partition coefficient (Wildman–Crippen LogP) is 4.02. The van der Waals surface area contributed by atoms with Crippen LogP contribution in [0.2, 0.25) is 0 Å². The van der Waals surface area contributed by atoms with E-state index in [1.165, 1.54) is 10.4 Å². The Balaban J connectivity index is 0.00000341. The van der Waals surface area contributed by atoms with Crippen molar-refractivity contribution in [2.45, 2.75) is 39.3 Å². The summed E-state index contributed by atoms with van der Waals surface area (Å²) >= 11 is 1.72. The van der Waals surface area contributed by atoms with E-state index in [4.69, 9.17) is 9.73 Å². The number of hydrogen-bond donors (Lipinski definition) is 2. The van der Waals surface area contributed by atoms with Gasteiger partial charge in [-0.2, -0.15) is 0 Å². The lowest BCUT2D eigenvalue weighted by molar-refractivity contribution is 0.411. The molecule has 0 spiro atoms. The number of ether oxygens (including phenoxy) is 1. The molecule has 0 radical (unpaired) electrons. The van der Waals surface area contributed by atoms with Gasteiger partial charge in [0.1, 0.15) is 18.1 Å². The Labute approximate surface area is 205 Å². The minimum Gasteiger partial charge on any atom is -0.497 e. The number of halogens is 1. The zero-order valence-electron chi connectivity index (χ0n) is 18.7. The van der Waals surface area contributed by atoms with Crippen LogP contribution in [0.15, 0.2) is 46.8 Å². The highest BCUT2D eigenvalue weighted by atomic mass is 127. The van der Waals surface area contributed by atoms with Gasteiger partial charge < -0.3 is 19.9 Å². The summed E-state index contributed by atoms with van der Waals surface area (Å²) in [6, 6.07) is 12.4. The Morgan fingerprint density at radius 1 is 1.19 bits per heavy atom. The number of benzene rings is 1. The van der Waals surface area contributed by atoms with Gasteiger partial charge in [-0.1, -0.05) is 32.0 Å². The third kappa shape index (κ3) is 6.93. The second kappa shape index (κ2) is 11.5. The molecule has 1 aromatic carbocycles. The summed E-state index contributed by atoms with van der Waals surface area (Å²) in [7, 11) is 3.65. The van der Waals surface area contributed by atoms with Crippen LogP contribution in [0.3, 0.4) is 0 Å². The minimum atomic E-state index is -0.110. The Hall–Kier alpha value is -2.14. The van der Waals surface area contributed by atoms with Crippen molar-refractivity contribution < 1.29 is 4.74 Å². The summed E-state index contributed by atoms with van der Waals surface area (Å²) < 4.78 is 7.34. The largest absolute Gasteiger partial charge is 0.497 e. The number of hydrogen-bond acceptors (Lipinski definition) is 5. The maximum Gasteiger partial charge on any atom is 0.192 e. The quantitative estimate of drug-likeness (QED) is 0.250. The van der Waals surface area contributed by atoms with Crippen molar-refractivity contribution in [2.75, 3.05) is 13.7 Å². The van der Waals surface area contributed by atoms with Gasteiger partial charge in [-0.25, -0.2) is 4.99 Å². The van der Waals surface area contributed by atoms with Crippen molar-refractivity contribution in [1.29, 1.82) is 0 Å². The molecule has 3 rings (SSSR count). The number of rotatable bonds is 8. The first kappa shape index (κ1) is 25.1. The fourth-order valence-corrected chi connectivity index (χ4v) is 3.59. The lowest BCUT2D eigenvalue weighted by Crippen LogP contribution is -2.43. The van der Waals surface area contributed by atoms with Crippen molar-refractivity contribution in [1.82, 2.24) is 25.4 Å². The summed E-state index contributed by atoms with van der Waals surface area (Å²) in [6.45, 7) is 8.24. The summed E-state index contributed by atoms with van der Waals surface area (Å²) in [4.78, 5) is 6.00. The second-order valence-corrected chi connectivity index (χ2v) is 8.82. The van der Waals surface area contributed by atoms with Crippen LogP contribution in [0.4, 0.5) is 0 Å². The van der Waals surface area contributed by atoms with Crippen molar-refractivity contribution in [2.24, 2.45) is 12.0 Å². The van der Waals surface area contributed by atoms with E-state index in [1.807, 2.05) is 30.7 Å². The van der Waals surface area contributed by atoms with E-state index < -0.39 is 0 Å². The number of nitrogens with zero attached hydrogens (tertiary/aromatic N) is 4. The number of thiophene rings is 1. The molecule has 2 aromatic heterocycles. The molecule has 0 saturated carbocycles. The Bertz CT molecular complexity index is 984. The minimum absolute atomic E-state index is 0. The average Bonchev–Trinajstić information content (AvgIpc) is 3.38. The van der Waals surface area contributed by atoms with Gasteiger partial charge in [0, 0.05) is 23.9 Å². The van der Waals surface area contributed by atoms with Crippen molar-refractivity contribution in [3.05, 3.63) is 63.9 Å². The molecule has 168 valence electrons. The number of aryl methyl sites for hydroxylation is 1. The molecule has 0 aliphatic heterocycles. The van der Waals surface area contributed by atoms with Crippen molar-refractivity contribution in [3.8, 4) is 5.75 Å². The molecule has 7 nitrogen and oxygen atoms in total. The fourth-order valence-electron chi connectivity index (χ4n) is 2.95. The maximum atomic E-state index is 5.39. The van der Waals surface area contributed by atoms with Crippen LogP contribution in [0.5, 0.6) is 5.75 Å². The number of aromatic nitrogens is 3. The third-order valence-corrected chi connectivity index (χ3v) is 6.00. The second-order valence-electron chi connectivity index (χ2n) is 7.79. The first-order chi connectivity index (χ1) is 14.4. The molecule has 9 heteroatoms. The molecule has 0 bridgehead atoms. The van der Waals surface area contributed by atoms with Gasteiger partial charge >= 0.3 is 0 Å². The molecular weight excluding hydrogens is 523 g/mol. The predicted molar refractivity (Wildman–Crippen MR) is 137 cm³/mol. The first-order valence-electron chi connectivity index (χ1n) is 9.93. The molecule has 0 atom stereocenters. The van der Waals surface area contributed by atoms with E-state index in [0.717, 1.165) is 29.9 Å². The van der Waals surface area contributed by atoms with E-state index in [0.29, 0.717) is 13.1 Å². The van der Waals surface area contributed by atoms with Gasteiger partial charge in [-0.3, -0.25) is 0 Å². The summed E-state index contributed by atoms with van der Waals surface area (Å²) in [5, 5.41) is 17.3. The topological polar surface area (TPSA) is 76.4 Å². The highest BCUT2D eigenvalue weighted by Gasteiger charge is 2.21. The maximum absolute atomic E-state index is 5.39. The Morgan fingerprint density at radius 3 is 2.65 bits per heavy atom. The molecule has 0 aliphatic rings. The van der Waals surface area contributed by atoms with Crippen LogP contribution in [-0.2, 0) is 25.6 Å². The van der Waals surface area contributed by atoms with E-state index in [9.17, 15) is 0 Å². The zero-order chi connectivity index (χ0) is 21.6. The molecule has 0 amide bonds. The van der Waals surface area contributed by atoms with Gasteiger partial charge in [0.05, 0.1) is 13.7 Å². The van der Waals surface area contributed by atoms with E-state index in [1.54, 1.807) is 18.4 Å². The van der Waals surface area contributed by atoms with Gasteiger partial charge in [-0.15, -0.1) is 45.5 Å². The smallest absolute Gasteiger partial charge is 0.192 e. The van der Waals surface area contributed by atoms with Gasteiger partial charge in [0.2, 0.25) is 0 Å². The van der Waals surface area contributed by atoms with E-state index >= 15 is 0 Å². The molecular formula is C22H31IN6OS. The van der Waals surface area contributed by atoms with E-state index in [2.05, 4.69) is 64.3 Å². The Morgan fingerprint density at radius 2 is 2.00 bits per heavy atom. The van der Waals surface area contributed by atoms with Crippen LogP contribution in [0.25, 0.3) is 0 Å². The molecule has 0 unspecified atom stereocenters. The average molecular weight is 555 g/mol. The van der Waals surface area contributed by atoms with Crippen LogP contribution < -0.4 is 15.4 Å². The van der Waals surface area contributed by atoms with Crippen LogP contribution >= 0.6 is 35.3 Å². The number of aliphatic imine (C=N–C) groups is 1. The van der Waals surface area contributed by atoms with Crippen molar-refractivity contribution in [3.63, 3.8) is 0 Å². The molecule has 3 aromatic rings. The first-order valence-corrected chi connectivity index (χ1v) is 10.8. The SMILES string of the molecule is COc1cccc(C(C)(C)CNC(=NCc2nnc(C)n2C)NCc2cccs2)c1.I. The summed E-state index contributed by atoms with van der Waals surface area (Å²) in [6.07, 6.45) is 0. The zero-order valence-corrected chi connectivity index (χ0v) is 21.8. The molecule has 2 N–H and O–H groups in total. The molecule has 31 heavy (non-hydrogen) atoms.